The maximum atomic E-state index is 12.6. The Hall–Kier alpha value is -2.89. The molecular weight excluding hydrogens is 402 g/mol. The van der Waals surface area contributed by atoms with E-state index in [-0.39, 0.29) is 11.5 Å². The molecule has 0 fully saturated rings. The summed E-state index contributed by atoms with van der Waals surface area (Å²) in [6.45, 7) is 2.05. The number of Topliss-reactive ketones (excluding diaryl/α,β-unsaturated/α-hetero) is 1. The van der Waals surface area contributed by atoms with E-state index >= 15 is 0 Å². The fourth-order valence-corrected chi connectivity index (χ4v) is 4.03. The first-order valence-corrected chi connectivity index (χ1v) is 10.5. The highest BCUT2D eigenvalue weighted by molar-refractivity contribution is 7.99. The molecule has 0 spiro atoms. The van der Waals surface area contributed by atoms with E-state index in [1.54, 1.807) is 12.1 Å². The fourth-order valence-electron chi connectivity index (χ4n) is 2.96. The van der Waals surface area contributed by atoms with Crippen LogP contribution in [0.25, 0.3) is 17.1 Å². The van der Waals surface area contributed by atoms with Crippen molar-refractivity contribution >= 4 is 29.1 Å². The maximum absolute atomic E-state index is 12.6. The first-order valence-electron chi connectivity index (χ1n) is 9.12. The van der Waals surface area contributed by atoms with E-state index in [2.05, 4.69) is 10.2 Å². The number of thioether (sulfide) groups is 1. The molecule has 4 nitrogen and oxygen atoms in total. The number of nitrogens with zero attached hydrogens (tertiary/aromatic N) is 3. The summed E-state index contributed by atoms with van der Waals surface area (Å²) >= 11 is 7.51. The smallest absolute Gasteiger partial charge is 0.196 e. The lowest BCUT2D eigenvalue weighted by molar-refractivity contribution is 0.102. The zero-order chi connectivity index (χ0) is 20.2. The number of carbonyl (C=O) groups is 1. The second kappa shape index (κ2) is 8.64. The van der Waals surface area contributed by atoms with Crippen molar-refractivity contribution in [3.05, 3.63) is 95.0 Å². The summed E-state index contributed by atoms with van der Waals surface area (Å²) in [6.07, 6.45) is 0. The molecule has 144 valence electrons. The monoisotopic (exact) mass is 419 g/mol. The largest absolute Gasteiger partial charge is 0.293 e. The number of para-hydroxylation sites is 1. The van der Waals surface area contributed by atoms with Crippen LogP contribution in [0.5, 0.6) is 0 Å². The van der Waals surface area contributed by atoms with Gasteiger partial charge in [0.05, 0.1) is 10.8 Å². The normalized spacial score (nSPS) is 10.8. The predicted octanol–water partition coefficient (Wildman–Crippen LogP) is 5.87. The number of ketones is 1. The van der Waals surface area contributed by atoms with Crippen molar-refractivity contribution in [3.63, 3.8) is 0 Å². The lowest BCUT2D eigenvalue weighted by Crippen LogP contribution is -2.05. The van der Waals surface area contributed by atoms with Crippen molar-refractivity contribution in [2.45, 2.75) is 12.1 Å². The molecule has 0 atom stereocenters. The first-order chi connectivity index (χ1) is 14.1. The third kappa shape index (κ3) is 4.26. The third-order valence-electron chi connectivity index (χ3n) is 4.46. The van der Waals surface area contributed by atoms with Gasteiger partial charge >= 0.3 is 0 Å². The van der Waals surface area contributed by atoms with Crippen LogP contribution in [0.1, 0.15) is 15.9 Å². The van der Waals surface area contributed by atoms with Gasteiger partial charge in [0.1, 0.15) is 0 Å². The van der Waals surface area contributed by atoms with Crippen LogP contribution < -0.4 is 0 Å². The molecule has 1 heterocycles. The quantitative estimate of drug-likeness (QED) is 0.289. The van der Waals surface area contributed by atoms with E-state index in [9.17, 15) is 4.79 Å². The highest BCUT2D eigenvalue weighted by Gasteiger charge is 2.18. The van der Waals surface area contributed by atoms with Gasteiger partial charge in [-0.3, -0.25) is 9.36 Å². The molecule has 0 aliphatic heterocycles. The molecular formula is C23H18ClN3OS. The molecule has 6 heteroatoms. The fraction of sp³-hybridized carbons (Fsp3) is 0.0870. The summed E-state index contributed by atoms with van der Waals surface area (Å²) in [5.74, 6) is 0.923. The number of rotatable bonds is 6. The second-order valence-corrected chi connectivity index (χ2v) is 7.88. The number of carbonyl (C=O) groups excluding carboxylic acids is 1. The van der Waals surface area contributed by atoms with Gasteiger partial charge in [0.25, 0.3) is 0 Å². The highest BCUT2D eigenvalue weighted by Crippen LogP contribution is 2.29. The summed E-state index contributed by atoms with van der Waals surface area (Å²) < 4.78 is 1.98. The number of benzene rings is 3. The van der Waals surface area contributed by atoms with Gasteiger partial charge in [-0.15, -0.1) is 10.2 Å². The predicted molar refractivity (Wildman–Crippen MR) is 118 cm³/mol. The van der Waals surface area contributed by atoms with Crippen LogP contribution in [-0.4, -0.2) is 26.3 Å². The summed E-state index contributed by atoms with van der Waals surface area (Å²) in [4.78, 5) is 12.6. The number of hydrogen-bond donors (Lipinski definition) is 0. The van der Waals surface area contributed by atoms with Gasteiger partial charge in [0.15, 0.2) is 16.8 Å². The molecule has 0 saturated carbocycles. The molecule has 0 aliphatic carbocycles. The van der Waals surface area contributed by atoms with Gasteiger partial charge in [-0.05, 0) is 31.2 Å². The summed E-state index contributed by atoms with van der Waals surface area (Å²) in [5, 5.41) is 9.91. The third-order valence-corrected chi connectivity index (χ3v) is 5.72. The van der Waals surface area contributed by atoms with Crippen LogP contribution in [0, 0.1) is 6.92 Å². The first kappa shape index (κ1) is 19.4. The van der Waals surface area contributed by atoms with Crippen LogP contribution in [0.3, 0.4) is 0 Å². The molecule has 0 N–H and O–H groups in total. The van der Waals surface area contributed by atoms with Crippen molar-refractivity contribution < 1.29 is 4.79 Å². The van der Waals surface area contributed by atoms with Crippen molar-refractivity contribution in [2.75, 3.05) is 5.75 Å². The van der Waals surface area contributed by atoms with Gasteiger partial charge < -0.3 is 0 Å². The topological polar surface area (TPSA) is 47.8 Å². The maximum Gasteiger partial charge on any atom is 0.196 e. The van der Waals surface area contributed by atoms with Gasteiger partial charge in [-0.25, -0.2) is 0 Å². The number of aryl methyl sites for hydroxylation is 1. The average molecular weight is 420 g/mol. The lowest BCUT2D eigenvalue weighted by atomic mass is 10.1. The molecule has 3 aromatic carbocycles. The Labute approximate surface area is 178 Å². The van der Waals surface area contributed by atoms with Crippen molar-refractivity contribution in [2.24, 2.45) is 0 Å². The Morgan fingerprint density at radius 3 is 2.34 bits per heavy atom. The highest BCUT2D eigenvalue weighted by atomic mass is 35.5. The van der Waals surface area contributed by atoms with E-state index in [1.807, 2.05) is 78.2 Å². The Kier molecular flexibility index (Phi) is 5.79. The Bertz CT molecular complexity index is 1140. The van der Waals surface area contributed by atoms with E-state index in [0.29, 0.717) is 15.7 Å². The summed E-state index contributed by atoms with van der Waals surface area (Å²) in [5.41, 5.74) is 3.61. The van der Waals surface area contributed by atoms with Gasteiger partial charge in [-0.2, -0.15) is 0 Å². The number of aromatic nitrogens is 3. The van der Waals surface area contributed by atoms with Gasteiger partial charge in [0.2, 0.25) is 0 Å². The minimum atomic E-state index is -0.0416. The Balaban J connectivity index is 1.68. The number of hydrogen-bond acceptors (Lipinski definition) is 4. The summed E-state index contributed by atoms with van der Waals surface area (Å²) in [6, 6.07) is 25.2. The van der Waals surface area contributed by atoms with Crippen LogP contribution in [0.2, 0.25) is 5.02 Å². The second-order valence-electron chi connectivity index (χ2n) is 6.53. The van der Waals surface area contributed by atoms with E-state index in [0.717, 1.165) is 17.1 Å². The molecule has 0 saturated heterocycles. The molecule has 1 aromatic heterocycles. The van der Waals surface area contributed by atoms with Crippen LogP contribution in [0.15, 0.2) is 84.0 Å². The van der Waals surface area contributed by atoms with Crippen LogP contribution in [-0.2, 0) is 0 Å². The zero-order valence-electron chi connectivity index (χ0n) is 15.7. The molecule has 4 aromatic rings. The van der Waals surface area contributed by atoms with Crippen molar-refractivity contribution in [1.82, 2.24) is 14.8 Å². The number of halogens is 1. The van der Waals surface area contributed by atoms with E-state index in [4.69, 9.17) is 11.6 Å². The Morgan fingerprint density at radius 2 is 1.62 bits per heavy atom. The molecule has 0 aliphatic rings. The summed E-state index contributed by atoms with van der Waals surface area (Å²) in [7, 11) is 0. The van der Waals surface area contributed by atoms with E-state index in [1.165, 1.54) is 17.3 Å². The minimum absolute atomic E-state index is 0.0416. The van der Waals surface area contributed by atoms with Crippen molar-refractivity contribution in [1.29, 1.82) is 0 Å². The zero-order valence-corrected chi connectivity index (χ0v) is 17.3. The molecule has 29 heavy (non-hydrogen) atoms. The van der Waals surface area contributed by atoms with Crippen LogP contribution >= 0.6 is 23.4 Å². The van der Waals surface area contributed by atoms with Gasteiger partial charge in [0, 0.05) is 16.8 Å². The molecule has 0 amide bonds. The Morgan fingerprint density at radius 1 is 0.931 bits per heavy atom. The molecule has 0 radical (unpaired) electrons. The molecule has 4 rings (SSSR count). The van der Waals surface area contributed by atoms with E-state index < -0.39 is 0 Å². The van der Waals surface area contributed by atoms with Gasteiger partial charge in [-0.1, -0.05) is 83.5 Å². The molecule has 0 bridgehead atoms. The lowest BCUT2D eigenvalue weighted by Gasteiger charge is -2.10. The average Bonchev–Trinajstić information content (AvgIpc) is 3.17. The SMILES string of the molecule is Cc1ccc(-c2nnc(SCC(=O)c3ccccc3Cl)n2-c2ccccc2)cc1. The van der Waals surface area contributed by atoms with Crippen molar-refractivity contribution in [3.8, 4) is 17.1 Å². The minimum Gasteiger partial charge on any atom is -0.293 e. The standard InChI is InChI=1S/C23H18ClN3OS/c1-16-11-13-17(14-12-16)22-25-26-23(27(22)18-7-3-2-4-8-18)29-15-21(28)19-9-5-6-10-20(19)24/h2-14H,15H2,1H3. The molecule has 0 unspecified atom stereocenters. The van der Waals surface area contributed by atoms with Crippen LogP contribution in [0.4, 0.5) is 0 Å².